The molecule has 1 aromatic carbocycles. The maximum atomic E-state index is 11.2. The van der Waals surface area contributed by atoms with Crippen molar-refractivity contribution in [3.63, 3.8) is 0 Å². The van der Waals surface area contributed by atoms with Crippen LogP contribution in [0, 0.1) is 0 Å². The number of carbonyl (C=O) groups is 1. The Hall–Kier alpha value is -1.32. The predicted octanol–water partition coefficient (Wildman–Crippen LogP) is 0.330. The molecule has 1 fully saturated rings. The van der Waals surface area contributed by atoms with Crippen molar-refractivity contribution in [1.82, 2.24) is 0 Å². The van der Waals surface area contributed by atoms with Crippen LogP contribution in [0.25, 0.3) is 0 Å². The maximum absolute atomic E-state index is 11.2. The van der Waals surface area contributed by atoms with Crippen molar-refractivity contribution >= 4 is 13.8 Å². The first-order valence-electron chi connectivity index (χ1n) is 7.12. The summed E-state index contributed by atoms with van der Waals surface area (Å²) in [6, 6.07) is 9.10. The number of hydrogen-bond donors (Lipinski definition) is 3. The first kappa shape index (κ1) is 19.0. The molecule has 10 heteroatoms. The molecule has 0 spiro atoms. The van der Waals surface area contributed by atoms with Gasteiger partial charge in [-0.25, -0.2) is 4.57 Å². The fourth-order valence-electron chi connectivity index (χ4n) is 2.30. The second-order valence-electron chi connectivity index (χ2n) is 5.19. The van der Waals surface area contributed by atoms with Crippen LogP contribution >= 0.6 is 7.82 Å². The molecular weight excluding hydrogens is 343 g/mol. The Bertz CT molecular complexity index is 587. The molecule has 0 amide bonds. The van der Waals surface area contributed by atoms with E-state index in [-0.39, 0.29) is 6.61 Å². The van der Waals surface area contributed by atoms with Gasteiger partial charge in [0.1, 0.15) is 12.2 Å². The third-order valence-corrected chi connectivity index (χ3v) is 3.77. The molecule has 0 bridgehead atoms. The molecule has 0 saturated carbocycles. The maximum Gasteiger partial charge on any atom is 0.469 e. The molecule has 3 N–H and O–H groups in total. The highest BCUT2D eigenvalue weighted by Gasteiger charge is 2.47. The molecule has 24 heavy (non-hydrogen) atoms. The molecule has 9 nitrogen and oxygen atoms in total. The minimum absolute atomic E-state index is 0.131. The van der Waals surface area contributed by atoms with E-state index in [1.54, 1.807) is 0 Å². The van der Waals surface area contributed by atoms with Crippen molar-refractivity contribution < 1.29 is 43.0 Å². The van der Waals surface area contributed by atoms with E-state index in [0.29, 0.717) is 0 Å². The van der Waals surface area contributed by atoms with Gasteiger partial charge in [0, 0.05) is 6.92 Å². The summed E-state index contributed by atoms with van der Waals surface area (Å²) in [5.41, 5.74) is 0.829. The van der Waals surface area contributed by atoms with Crippen molar-refractivity contribution in [2.45, 2.75) is 38.1 Å². The van der Waals surface area contributed by atoms with Crippen LogP contribution in [-0.2, 0) is 34.7 Å². The van der Waals surface area contributed by atoms with E-state index < -0.39 is 45.0 Å². The average Bonchev–Trinajstić information content (AvgIpc) is 2.79. The zero-order valence-electron chi connectivity index (χ0n) is 12.8. The Balaban J connectivity index is 2.07. The van der Waals surface area contributed by atoms with Crippen LogP contribution in [0.15, 0.2) is 30.3 Å². The van der Waals surface area contributed by atoms with E-state index in [1.165, 1.54) is 6.92 Å². The summed E-state index contributed by atoms with van der Waals surface area (Å²) in [5.74, 6) is -0.646. The van der Waals surface area contributed by atoms with Gasteiger partial charge in [0.25, 0.3) is 0 Å². The normalized spacial score (nSPS) is 27.2. The number of carbonyl (C=O) groups excluding carboxylic acids is 1. The number of benzene rings is 1. The molecule has 134 valence electrons. The first-order valence-corrected chi connectivity index (χ1v) is 8.65. The van der Waals surface area contributed by atoms with E-state index >= 15 is 0 Å². The quantitative estimate of drug-likeness (QED) is 0.464. The molecule has 1 aliphatic heterocycles. The molecule has 4 atom stereocenters. The van der Waals surface area contributed by atoms with Gasteiger partial charge in [-0.2, -0.15) is 0 Å². The topological polar surface area (TPSA) is 132 Å². The van der Waals surface area contributed by atoms with Crippen molar-refractivity contribution in [2.24, 2.45) is 0 Å². The van der Waals surface area contributed by atoms with E-state index in [2.05, 4.69) is 4.52 Å². The minimum Gasteiger partial charge on any atom is -0.454 e. The molecule has 0 radical (unpaired) electrons. The fourth-order valence-corrected chi connectivity index (χ4v) is 2.64. The Morgan fingerprint density at radius 2 is 1.92 bits per heavy atom. The zero-order valence-corrected chi connectivity index (χ0v) is 13.7. The Morgan fingerprint density at radius 1 is 1.25 bits per heavy atom. The number of aliphatic hydroxyl groups is 1. The Morgan fingerprint density at radius 3 is 2.50 bits per heavy atom. The zero-order chi connectivity index (χ0) is 17.7. The van der Waals surface area contributed by atoms with Gasteiger partial charge in [-0.05, 0) is 5.56 Å². The lowest BCUT2D eigenvalue weighted by atomic mass is 10.1. The van der Waals surface area contributed by atoms with Crippen molar-refractivity contribution in [3.8, 4) is 0 Å². The van der Waals surface area contributed by atoms with E-state index in [0.717, 1.165) is 5.56 Å². The lowest BCUT2D eigenvalue weighted by molar-refractivity contribution is -0.172. The van der Waals surface area contributed by atoms with Crippen LogP contribution in [0.2, 0.25) is 0 Å². The van der Waals surface area contributed by atoms with Crippen LogP contribution in [0.1, 0.15) is 12.5 Å². The van der Waals surface area contributed by atoms with E-state index in [9.17, 15) is 14.5 Å². The van der Waals surface area contributed by atoms with Gasteiger partial charge in [-0.15, -0.1) is 0 Å². The lowest BCUT2D eigenvalue weighted by Gasteiger charge is -2.23. The smallest absolute Gasteiger partial charge is 0.454 e. The lowest BCUT2D eigenvalue weighted by Crippen LogP contribution is -2.39. The number of rotatable bonds is 7. The predicted molar refractivity (Wildman–Crippen MR) is 79.4 cm³/mol. The van der Waals surface area contributed by atoms with E-state index in [4.69, 9.17) is 24.0 Å². The standard InChI is InChI=1S/C14H19O9P/c1-9(15)22-13-12(20-7-10-5-3-2-4-6-10)11(23-14(13)16)8-21-24(17,18)19/h2-6,11-14,16H,7-8H2,1H3,(H2,17,18,19)/t11-,12?,13+,14-/m1/s1. The van der Waals surface area contributed by atoms with Gasteiger partial charge >= 0.3 is 13.8 Å². The largest absolute Gasteiger partial charge is 0.469 e. The summed E-state index contributed by atoms with van der Waals surface area (Å²) in [6.45, 7) is 0.769. The van der Waals surface area contributed by atoms with Crippen LogP contribution in [-0.4, -0.2) is 52.1 Å². The molecule has 1 heterocycles. The number of aliphatic hydroxyl groups excluding tert-OH is 1. The van der Waals surface area contributed by atoms with Crippen molar-refractivity contribution in [3.05, 3.63) is 35.9 Å². The monoisotopic (exact) mass is 362 g/mol. The highest BCUT2D eigenvalue weighted by Crippen LogP contribution is 2.37. The molecular formula is C14H19O9P. The second kappa shape index (κ2) is 8.17. The van der Waals surface area contributed by atoms with Gasteiger partial charge in [-0.1, -0.05) is 30.3 Å². The van der Waals surface area contributed by atoms with Crippen LogP contribution in [0.5, 0.6) is 0 Å². The highest BCUT2D eigenvalue weighted by atomic mass is 31.2. The summed E-state index contributed by atoms with van der Waals surface area (Å²) in [5, 5.41) is 9.88. The van der Waals surface area contributed by atoms with Crippen LogP contribution in [0.4, 0.5) is 0 Å². The minimum atomic E-state index is -4.71. The van der Waals surface area contributed by atoms with Gasteiger partial charge in [-0.3, -0.25) is 9.32 Å². The summed E-state index contributed by atoms with van der Waals surface area (Å²) in [7, 11) is -4.71. The average molecular weight is 362 g/mol. The summed E-state index contributed by atoms with van der Waals surface area (Å²) >= 11 is 0. The van der Waals surface area contributed by atoms with Gasteiger partial charge < -0.3 is 29.1 Å². The fraction of sp³-hybridized carbons (Fsp3) is 0.500. The number of phosphoric acid groups is 1. The molecule has 1 aromatic rings. The Labute approximate surface area is 138 Å². The van der Waals surface area contributed by atoms with Gasteiger partial charge in [0.15, 0.2) is 12.4 Å². The molecule has 2 rings (SSSR count). The third-order valence-electron chi connectivity index (χ3n) is 3.28. The number of phosphoric ester groups is 1. The SMILES string of the molecule is CC(=O)O[C@H]1C(OCc2ccccc2)[C@@H](COP(=O)(O)O)O[C@H]1O. The number of ether oxygens (including phenoxy) is 3. The molecule has 1 unspecified atom stereocenters. The third kappa shape index (κ3) is 5.64. The summed E-state index contributed by atoms with van der Waals surface area (Å²) < 4.78 is 31.1. The first-order chi connectivity index (χ1) is 11.3. The van der Waals surface area contributed by atoms with Crippen molar-refractivity contribution in [1.29, 1.82) is 0 Å². The molecule has 0 aromatic heterocycles. The van der Waals surface area contributed by atoms with Crippen LogP contribution in [0.3, 0.4) is 0 Å². The second-order valence-corrected chi connectivity index (χ2v) is 6.43. The summed E-state index contributed by atoms with van der Waals surface area (Å²) in [6.07, 6.45) is -4.58. The van der Waals surface area contributed by atoms with Crippen molar-refractivity contribution in [2.75, 3.05) is 6.61 Å². The van der Waals surface area contributed by atoms with Gasteiger partial charge in [0.2, 0.25) is 0 Å². The van der Waals surface area contributed by atoms with Crippen LogP contribution < -0.4 is 0 Å². The number of esters is 1. The highest BCUT2D eigenvalue weighted by molar-refractivity contribution is 7.46. The Kier molecular flexibility index (Phi) is 6.47. The van der Waals surface area contributed by atoms with Gasteiger partial charge in [0.05, 0.1) is 13.2 Å². The number of hydrogen-bond acceptors (Lipinski definition) is 7. The summed E-state index contributed by atoms with van der Waals surface area (Å²) in [4.78, 5) is 28.8. The molecule has 1 saturated heterocycles. The molecule has 0 aliphatic carbocycles. The molecule has 1 aliphatic rings. The van der Waals surface area contributed by atoms with E-state index in [1.807, 2.05) is 30.3 Å².